The lowest BCUT2D eigenvalue weighted by Crippen LogP contribution is -2.41. The number of carbonyl (C=O) groups excluding carboxylic acids is 2. The molecule has 4 unspecified atom stereocenters. The fourth-order valence-corrected chi connectivity index (χ4v) is 4.15. The average Bonchev–Trinajstić information content (AvgIpc) is 3.22. The third-order valence-electron chi connectivity index (χ3n) is 5.31. The molecule has 2 N–H and O–H groups in total. The third kappa shape index (κ3) is 4.01. The smallest absolute Gasteiger partial charge is 0.233 e. The molecular formula is C18H29IN4O2. The molecule has 0 aromatic heterocycles. The molecule has 0 aromatic rings. The van der Waals surface area contributed by atoms with Gasteiger partial charge >= 0.3 is 0 Å². The third-order valence-corrected chi connectivity index (χ3v) is 5.31. The van der Waals surface area contributed by atoms with Crippen molar-refractivity contribution in [1.82, 2.24) is 15.5 Å². The van der Waals surface area contributed by atoms with E-state index in [0.29, 0.717) is 30.8 Å². The van der Waals surface area contributed by atoms with Gasteiger partial charge in [0, 0.05) is 26.7 Å². The summed E-state index contributed by atoms with van der Waals surface area (Å²) in [7, 11) is 1.74. The first-order valence-corrected chi connectivity index (χ1v) is 9.01. The maximum atomic E-state index is 12.6. The van der Waals surface area contributed by atoms with Crippen LogP contribution in [-0.4, -0.2) is 49.4 Å². The Morgan fingerprint density at radius 2 is 1.80 bits per heavy atom. The minimum Gasteiger partial charge on any atom is -0.356 e. The molecule has 2 aliphatic carbocycles. The Labute approximate surface area is 166 Å². The molecule has 1 saturated carbocycles. The van der Waals surface area contributed by atoms with Gasteiger partial charge in [0.15, 0.2) is 5.96 Å². The lowest BCUT2D eigenvalue weighted by Gasteiger charge is -2.18. The molecule has 2 amide bonds. The van der Waals surface area contributed by atoms with E-state index in [0.717, 1.165) is 25.3 Å². The zero-order chi connectivity index (χ0) is 17.3. The number of hydrogen-bond acceptors (Lipinski definition) is 3. The Morgan fingerprint density at radius 1 is 1.20 bits per heavy atom. The first-order valence-electron chi connectivity index (χ1n) is 9.01. The topological polar surface area (TPSA) is 73.8 Å². The van der Waals surface area contributed by atoms with Crippen molar-refractivity contribution in [3.63, 3.8) is 0 Å². The van der Waals surface area contributed by atoms with Crippen molar-refractivity contribution in [3.05, 3.63) is 12.2 Å². The molecule has 1 aliphatic heterocycles. The van der Waals surface area contributed by atoms with E-state index in [9.17, 15) is 9.59 Å². The Hall–Kier alpha value is -1.12. The molecule has 1 heterocycles. The first kappa shape index (κ1) is 20.2. The van der Waals surface area contributed by atoms with Crippen LogP contribution in [0.25, 0.3) is 0 Å². The summed E-state index contributed by atoms with van der Waals surface area (Å²) in [4.78, 5) is 30.8. The van der Waals surface area contributed by atoms with E-state index in [2.05, 4.69) is 41.6 Å². The van der Waals surface area contributed by atoms with Gasteiger partial charge in [0.25, 0.3) is 0 Å². The number of rotatable bonds is 6. The van der Waals surface area contributed by atoms with Crippen LogP contribution >= 0.6 is 24.0 Å². The van der Waals surface area contributed by atoms with Crippen molar-refractivity contribution in [2.45, 2.75) is 26.7 Å². The minimum absolute atomic E-state index is 0. The van der Waals surface area contributed by atoms with Crippen LogP contribution in [0.3, 0.4) is 0 Å². The Kier molecular flexibility index (Phi) is 6.87. The van der Waals surface area contributed by atoms with Crippen LogP contribution in [0.4, 0.5) is 0 Å². The van der Waals surface area contributed by atoms with Crippen molar-refractivity contribution < 1.29 is 9.59 Å². The first-order chi connectivity index (χ1) is 11.5. The summed E-state index contributed by atoms with van der Waals surface area (Å²) in [6.45, 7) is 6.34. The highest BCUT2D eigenvalue weighted by molar-refractivity contribution is 14.0. The summed E-state index contributed by atoms with van der Waals surface area (Å²) in [5.74, 6) is 1.82. The monoisotopic (exact) mass is 460 g/mol. The van der Waals surface area contributed by atoms with Crippen LogP contribution in [0.5, 0.6) is 0 Å². The summed E-state index contributed by atoms with van der Waals surface area (Å²) < 4.78 is 0. The van der Waals surface area contributed by atoms with Crippen molar-refractivity contribution in [2.24, 2.45) is 34.6 Å². The zero-order valence-corrected chi connectivity index (χ0v) is 17.5. The van der Waals surface area contributed by atoms with E-state index in [1.54, 1.807) is 7.05 Å². The molecule has 3 rings (SSSR count). The average molecular weight is 460 g/mol. The number of aliphatic imine (C=N–C) groups is 1. The van der Waals surface area contributed by atoms with Crippen LogP contribution in [0.2, 0.25) is 0 Å². The maximum Gasteiger partial charge on any atom is 0.233 e. The van der Waals surface area contributed by atoms with Gasteiger partial charge in [-0.2, -0.15) is 0 Å². The standard InChI is InChI=1S/C18H28N4O2.HI/c1-11(2)10-21-18(19-3)20-7-4-8-22-16(23)14-12-5-6-13(9-12)15(14)17(22)24;/h5-6,11-15H,4,7-10H2,1-3H3,(H2,19,20,21);1H. The molecule has 6 nitrogen and oxygen atoms in total. The predicted molar refractivity (Wildman–Crippen MR) is 109 cm³/mol. The van der Waals surface area contributed by atoms with Crippen molar-refractivity contribution in [1.29, 1.82) is 0 Å². The van der Waals surface area contributed by atoms with Gasteiger partial charge < -0.3 is 10.6 Å². The lowest BCUT2D eigenvalue weighted by molar-refractivity contribution is -0.140. The minimum atomic E-state index is -0.0825. The predicted octanol–water partition coefficient (Wildman–Crippen LogP) is 1.62. The van der Waals surface area contributed by atoms with Gasteiger partial charge in [-0.1, -0.05) is 26.0 Å². The summed E-state index contributed by atoms with van der Waals surface area (Å²) in [6, 6.07) is 0. The number of imide groups is 1. The molecule has 2 bridgehead atoms. The summed E-state index contributed by atoms with van der Waals surface area (Å²) >= 11 is 0. The molecule has 3 aliphatic rings. The second kappa shape index (κ2) is 8.51. The number of carbonyl (C=O) groups is 2. The molecule has 140 valence electrons. The van der Waals surface area contributed by atoms with Crippen LogP contribution in [0, 0.1) is 29.6 Å². The van der Waals surface area contributed by atoms with Gasteiger partial charge in [0.2, 0.25) is 11.8 Å². The van der Waals surface area contributed by atoms with Crippen molar-refractivity contribution >= 4 is 41.8 Å². The normalized spacial score (nSPS) is 30.1. The van der Waals surface area contributed by atoms with E-state index in [4.69, 9.17) is 0 Å². The van der Waals surface area contributed by atoms with Gasteiger partial charge in [-0.15, -0.1) is 24.0 Å². The van der Waals surface area contributed by atoms with Crippen LogP contribution in [-0.2, 0) is 9.59 Å². The second-order valence-corrected chi connectivity index (χ2v) is 7.46. The number of nitrogens with zero attached hydrogens (tertiary/aromatic N) is 2. The Morgan fingerprint density at radius 3 is 2.32 bits per heavy atom. The largest absolute Gasteiger partial charge is 0.356 e. The molecule has 7 heteroatoms. The van der Waals surface area contributed by atoms with Gasteiger partial charge in [-0.25, -0.2) is 0 Å². The zero-order valence-electron chi connectivity index (χ0n) is 15.2. The fraction of sp³-hybridized carbons (Fsp3) is 0.722. The Balaban J connectivity index is 0.00000225. The van der Waals surface area contributed by atoms with Gasteiger partial charge in [-0.05, 0) is 30.6 Å². The number of nitrogens with one attached hydrogen (secondary N) is 2. The number of likely N-dealkylation sites (tertiary alicyclic amines) is 1. The molecule has 0 spiro atoms. The van der Waals surface area contributed by atoms with E-state index >= 15 is 0 Å². The SMILES string of the molecule is CN=C(NCCCN1C(=O)C2C3C=CC(C3)C2C1=O)NCC(C)C.I. The Bertz CT molecular complexity index is 545. The molecule has 0 radical (unpaired) electrons. The lowest BCUT2D eigenvalue weighted by atomic mass is 9.85. The number of guanidine groups is 1. The highest BCUT2D eigenvalue weighted by Crippen LogP contribution is 2.52. The molecule has 25 heavy (non-hydrogen) atoms. The fourth-order valence-electron chi connectivity index (χ4n) is 4.15. The van der Waals surface area contributed by atoms with Crippen molar-refractivity contribution in [2.75, 3.05) is 26.7 Å². The summed E-state index contributed by atoms with van der Waals surface area (Å²) in [6.07, 6.45) is 5.99. The number of amides is 2. The quantitative estimate of drug-likeness (QED) is 0.158. The summed E-state index contributed by atoms with van der Waals surface area (Å²) in [5.41, 5.74) is 0. The van der Waals surface area contributed by atoms with E-state index in [-0.39, 0.29) is 47.6 Å². The van der Waals surface area contributed by atoms with Gasteiger partial charge in [0.05, 0.1) is 11.8 Å². The molecule has 4 atom stereocenters. The summed E-state index contributed by atoms with van der Waals surface area (Å²) in [5, 5.41) is 6.49. The van der Waals surface area contributed by atoms with Crippen LogP contribution in [0.15, 0.2) is 17.1 Å². The highest BCUT2D eigenvalue weighted by atomic mass is 127. The molecule has 2 fully saturated rings. The molecular weight excluding hydrogens is 431 g/mol. The second-order valence-electron chi connectivity index (χ2n) is 7.46. The number of hydrogen-bond donors (Lipinski definition) is 2. The van der Waals surface area contributed by atoms with Crippen molar-refractivity contribution in [3.8, 4) is 0 Å². The molecule has 0 aromatic carbocycles. The van der Waals surface area contributed by atoms with E-state index in [1.165, 1.54) is 4.90 Å². The highest BCUT2D eigenvalue weighted by Gasteiger charge is 2.58. The van der Waals surface area contributed by atoms with Gasteiger partial charge in [0.1, 0.15) is 0 Å². The number of allylic oxidation sites excluding steroid dienone is 2. The van der Waals surface area contributed by atoms with E-state index in [1.807, 2.05) is 0 Å². The number of halogens is 1. The number of fused-ring (bicyclic) bond motifs is 5. The van der Waals surface area contributed by atoms with Crippen LogP contribution in [0.1, 0.15) is 26.7 Å². The van der Waals surface area contributed by atoms with Gasteiger partial charge in [-0.3, -0.25) is 19.5 Å². The maximum absolute atomic E-state index is 12.6. The van der Waals surface area contributed by atoms with Crippen LogP contribution < -0.4 is 10.6 Å². The molecule has 1 saturated heterocycles. The van der Waals surface area contributed by atoms with E-state index < -0.39 is 0 Å².